The van der Waals surface area contributed by atoms with Crippen molar-refractivity contribution in [1.29, 1.82) is 0 Å². The molecule has 2 fully saturated rings. The van der Waals surface area contributed by atoms with Crippen LogP contribution < -0.4 is 0 Å². The first kappa shape index (κ1) is 25.2. The molecular weight excluding hydrogens is 572 g/mol. The van der Waals surface area contributed by atoms with E-state index in [0.717, 1.165) is 14.2 Å². The van der Waals surface area contributed by atoms with Crippen molar-refractivity contribution in [3.63, 3.8) is 0 Å². The number of hydrogen-bond acceptors (Lipinski definition) is 9. The van der Waals surface area contributed by atoms with Gasteiger partial charge in [-0.2, -0.15) is 0 Å². The van der Waals surface area contributed by atoms with Gasteiger partial charge in [-0.15, -0.1) is 0 Å². The fourth-order valence-corrected chi connectivity index (χ4v) is 7.66. The Kier molecular flexibility index (Phi) is 5.17. The van der Waals surface area contributed by atoms with E-state index in [1.807, 2.05) is 0 Å². The first-order valence-corrected chi connectivity index (χ1v) is 12.8. The third-order valence-corrected chi connectivity index (χ3v) is 9.58. The number of carbonyl (C=O) groups excluding carboxylic acids is 7. The molecule has 10 heteroatoms. The number of carbonyl (C=O) groups is 7. The number of fused-ring (bicyclic) bond motifs is 3. The number of esters is 2. The van der Waals surface area contributed by atoms with Crippen molar-refractivity contribution in [2.45, 2.75) is 12.8 Å². The first-order valence-electron chi connectivity index (χ1n) is 12.0. The molecule has 0 aromatic heterocycles. The van der Waals surface area contributed by atoms with Crippen LogP contribution >= 0.6 is 15.9 Å². The lowest BCUT2D eigenvalue weighted by Gasteiger charge is -2.32. The van der Waals surface area contributed by atoms with Crippen molar-refractivity contribution in [2.24, 2.45) is 22.2 Å². The highest BCUT2D eigenvalue weighted by Crippen LogP contribution is 2.83. The maximum atomic E-state index is 14.5. The molecule has 4 aliphatic rings. The van der Waals surface area contributed by atoms with Gasteiger partial charge in [-0.1, -0.05) is 48.5 Å². The van der Waals surface area contributed by atoms with Crippen LogP contribution in [0.3, 0.4) is 0 Å². The van der Waals surface area contributed by atoms with Gasteiger partial charge in [0.15, 0.2) is 28.5 Å². The number of ketones is 5. The van der Waals surface area contributed by atoms with Crippen LogP contribution in [0.1, 0.15) is 54.3 Å². The van der Waals surface area contributed by atoms with Crippen LogP contribution in [-0.4, -0.2) is 55.1 Å². The standard InChI is InChI=1S/C29H19BrO9/c1-38-25(36)27(11-17-18(30)20(32)14-8-4-3-7-13(14)19(17)31)12-28-22(29(28,24(27)35)26(37)39-2)21(33)15-9-5-6-10-16(15)23(28)34/h3-10,22H,11-12H2,1-2H3/t22-,27-,28-,29-/m0/s1. The number of halogens is 1. The lowest BCUT2D eigenvalue weighted by atomic mass is 9.67. The van der Waals surface area contributed by atoms with E-state index in [4.69, 9.17) is 9.47 Å². The van der Waals surface area contributed by atoms with E-state index in [1.54, 1.807) is 24.3 Å². The van der Waals surface area contributed by atoms with Crippen LogP contribution in [-0.2, 0) is 23.9 Å². The van der Waals surface area contributed by atoms with E-state index < -0.39 is 75.9 Å². The molecule has 0 radical (unpaired) electrons. The summed E-state index contributed by atoms with van der Waals surface area (Å²) in [7, 11) is 2.07. The van der Waals surface area contributed by atoms with Gasteiger partial charge in [-0.25, -0.2) is 0 Å². The van der Waals surface area contributed by atoms with Crippen molar-refractivity contribution >= 4 is 56.8 Å². The van der Waals surface area contributed by atoms with Crippen LogP contribution in [0.5, 0.6) is 0 Å². The quantitative estimate of drug-likeness (QED) is 0.388. The highest BCUT2D eigenvalue weighted by molar-refractivity contribution is 9.12. The van der Waals surface area contributed by atoms with Crippen molar-refractivity contribution in [1.82, 2.24) is 0 Å². The topological polar surface area (TPSA) is 138 Å². The second-order valence-electron chi connectivity index (χ2n) is 10.2. The summed E-state index contributed by atoms with van der Waals surface area (Å²) in [5.74, 6) is -6.88. The van der Waals surface area contributed by atoms with Gasteiger partial charge in [-0.05, 0) is 22.4 Å². The minimum atomic E-state index is -2.27. The molecule has 0 bridgehead atoms. The highest BCUT2D eigenvalue weighted by atomic mass is 79.9. The summed E-state index contributed by atoms with van der Waals surface area (Å²) in [5, 5.41) is 0. The Morgan fingerprint density at radius 1 is 0.821 bits per heavy atom. The lowest BCUT2D eigenvalue weighted by molar-refractivity contribution is -0.161. The van der Waals surface area contributed by atoms with Gasteiger partial charge in [0.2, 0.25) is 5.78 Å². The van der Waals surface area contributed by atoms with Crippen LogP contribution in [0.4, 0.5) is 0 Å². The smallest absolute Gasteiger partial charge is 0.321 e. The minimum Gasteiger partial charge on any atom is -0.468 e. The molecule has 9 nitrogen and oxygen atoms in total. The normalized spacial score (nSPS) is 30.3. The van der Waals surface area contributed by atoms with Crippen LogP contribution in [0.2, 0.25) is 0 Å². The van der Waals surface area contributed by atoms with Crippen molar-refractivity contribution in [3.8, 4) is 0 Å². The fourth-order valence-electron chi connectivity index (χ4n) is 7.13. The van der Waals surface area contributed by atoms with E-state index in [1.165, 1.54) is 24.3 Å². The molecule has 0 N–H and O–H groups in total. The monoisotopic (exact) mass is 590 g/mol. The van der Waals surface area contributed by atoms with Crippen LogP contribution in [0.25, 0.3) is 0 Å². The Morgan fingerprint density at radius 2 is 1.36 bits per heavy atom. The van der Waals surface area contributed by atoms with Gasteiger partial charge in [-0.3, -0.25) is 33.6 Å². The first-order chi connectivity index (χ1) is 18.6. The third kappa shape index (κ3) is 2.67. The lowest BCUT2D eigenvalue weighted by Crippen LogP contribution is -2.46. The average Bonchev–Trinajstić information content (AvgIpc) is 3.52. The molecule has 1 spiro atoms. The number of rotatable bonds is 4. The summed E-state index contributed by atoms with van der Waals surface area (Å²) in [6.45, 7) is 0. The van der Waals surface area contributed by atoms with E-state index in [9.17, 15) is 33.6 Å². The predicted molar refractivity (Wildman–Crippen MR) is 135 cm³/mol. The van der Waals surface area contributed by atoms with E-state index in [2.05, 4.69) is 15.9 Å². The number of ether oxygens (including phenoxy) is 2. The van der Waals surface area contributed by atoms with Crippen molar-refractivity contribution in [3.05, 3.63) is 80.8 Å². The molecule has 2 saturated carbocycles. The molecule has 0 heterocycles. The Bertz CT molecular complexity index is 1650. The number of allylic oxidation sites excluding steroid dienone is 2. The largest absolute Gasteiger partial charge is 0.468 e. The fraction of sp³-hybridized carbons (Fsp3) is 0.276. The summed E-state index contributed by atoms with van der Waals surface area (Å²) >= 11 is 3.18. The molecule has 0 saturated heterocycles. The van der Waals surface area contributed by atoms with Crippen molar-refractivity contribution in [2.75, 3.05) is 14.2 Å². The molecule has 0 unspecified atom stereocenters. The molecule has 4 atom stereocenters. The minimum absolute atomic E-state index is 0.0382. The highest BCUT2D eigenvalue weighted by Gasteiger charge is 2.98. The van der Waals surface area contributed by atoms with Gasteiger partial charge < -0.3 is 9.47 Å². The zero-order valence-corrected chi connectivity index (χ0v) is 22.2. The Balaban J connectivity index is 1.55. The molecule has 2 aromatic carbocycles. The molecule has 2 aromatic rings. The Hall–Kier alpha value is -4.05. The number of methoxy groups -OCH3 is 2. The average molecular weight is 591 g/mol. The molecule has 4 aliphatic carbocycles. The zero-order valence-electron chi connectivity index (χ0n) is 20.7. The van der Waals surface area contributed by atoms with Gasteiger partial charge in [0.05, 0.1) is 30.0 Å². The SMILES string of the molecule is COC(=O)[C@@]1(CC2=C(Br)C(=O)c3ccccc3C2=O)C[C@@]23C(=O)c4ccccc4C(=O)[C@@H]2[C@@]3(C(=O)OC)C1=O. The Labute approximate surface area is 229 Å². The number of benzene rings is 2. The Morgan fingerprint density at radius 3 is 1.95 bits per heavy atom. The van der Waals surface area contributed by atoms with Crippen molar-refractivity contribution < 1.29 is 43.0 Å². The molecule has 0 aliphatic heterocycles. The summed E-state index contributed by atoms with van der Waals surface area (Å²) < 4.78 is 9.85. The molecule has 0 amide bonds. The molecule has 196 valence electrons. The zero-order chi connectivity index (χ0) is 28.1. The van der Waals surface area contributed by atoms with Gasteiger partial charge in [0.1, 0.15) is 5.41 Å². The number of hydrogen-bond donors (Lipinski definition) is 0. The van der Waals surface area contributed by atoms with E-state index in [-0.39, 0.29) is 32.3 Å². The van der Waals surface area contributed by atoms with Crippen LogP contribution in [0.15, 0.2) is 58.6 Å². The summed E-state index contributed by atoms with van der Waals surface area (Å²) in [6.07, 6.45) is -1.18. The third-order valence-electron chi connectivity index (χ3n) is 8.74. The van der Waals surface area contributed by atoms with Gasteiger partial charge in [0, 0.05) is 34.2 Å². The van der Waals surface area contributed by atoms with Crippen LogP contribution in [0, 0.1) is 22.2 Å². The maximum Gasteiger partial charge on any atom is 0.321 e. The predicted octanol–water partition coefficient (Wildman–Crippen LogP) is 3.09. The molecular formula is C29H19BrO9. The van der Waals surface area contributed by atoms with Gasteiger partial charge >= 0.3 is 11.9 Å². The maximum absolute atomic E-state index is 14.5. The van der Waals surface area contributed by atoms with E-state index >= 15 is 0 Å². The number of Topliss-reactive ketones (excluding diaryl/α,β-unsaturated/α-hetero) is 5. The molecule has 39 heavy (non-hydrogen) atoms. The van der Waals surface area contributed by atoms with Gasteiger partial charge in [0.25, 0.3) is 0 Å². The second kappa shape index (κ2) is 7.98. The summed E-state index contributed by atoms with van der Waals surface area (Å²) in [6, 6.07) is 12.1. The molecule has 6 rings (SSSR count). The summed E-state index contributed by atoms with van der Waals surface area (Å²) in [5.41, 5.74) is -6.16. The second-order valence-corrected chi connectivity index (χ2v) is 11.0. The van der Waals surface area contributed by atoms with E-state index in [0.29, 0.717) is 0 Å². The summed E-state index contributed by atoms with van der Waals surface area (Å²) in [4.78, 5) is 95.5.